The SMILES string of the molecule is CCCCCCCCCCC[CH2][Sn+2][CH2]CCCCCCCCCCC.[OH-].[OH-]. The van der Waals surface area contributed by atoms with Crippen LogP contribution in [-0.4, -0.2) is 32.1 Å². The van der Waals surface area contributed by atoms with E-state index in [-0.39, 0.29) is 32.1 Å². The Morgan fingerprint density at radius 3 is 0.815 bits per heavy atom. The number of rotatable bonds is 22. The van der Waals surface area contributed by atoms with Gasteiger partial charge in [-0.05, 0) is 0 Å². The van der Waals surface area contributed by atoms with Crippen LogP contribution in [-0.2, 0) is 0 Å². The second kappa shape index (κ2) is 31.4. The van der Waals surface area contributed by atoms with Crippen LogP contribution in [0.15, 0.2) is 0 Å². The molecule has 3 heteroatoms. The van der Waals surface area contributed by atoms with Crippen molar-refractivity contribution in [2.45, 2.75) is 151 Å². The molecular weight excluding hydrogens is 439 g/mol. The zero-order valence-corrected chi connectivity index (χ0v) is 21.8. The van der Waals surface area contributed by atoms with Gasteiger partial charge in [0.1, 0.15) is 0 Å². The molecule has 0 aliphatic rings. The zero-order chi connectivity index (χ0) is 18.3. The molecule has 0 spiro atoms. The molecule has 0 amide bonds. The van der Waals surface area contributed by atoms with E-state index < -0.39 is 0 Å². The number of hydrogen-bond acceptors (Lipinski definition) is 2. The van der Waals surface area contributed by atoms with E-state index in [1.54, 1.807) is 21.7 Å². The minimum Gasteiger partial charge on any atom is -0.870 e. The Morgan fingerprint density at radius 2 is 0.556 bits per heavy atom. The molecule has 27 heavy (non-hydrogen) atoms. The average molecular weight is 491 g/mol. The third kappa shape index (κ3) is 31.6. The summed E-state index contributed by atoms with van der Waals surface area (Å²) in [7, 11) is 0. The molecule has 0 rings (SSSR count). The van der Waals surface area contributed by atoms with Crippen LogP contribution in [0.5, 0.6) is 0 Å². The Hall–Kier alpha value is 0.719. The summed E-state index contributed by atoms with van der Waals surface area (Å²) in [6.07, 6.45) is 29.8. The topological polar surface area (TPSA) is 60.0 Å². The molecule has 0 aromatic rings. The Balaban J connectivity index is -0.00000288. The van der Waals surface area contributed by atoms with Gasteiger partial charge in [-0.25, -0.2) is 0 Å². The van der Waals surface area contributed by atoms with Gasteiger partial charge in [0.05, 0.1) is 0 Å². The maximum atomic E-state index is 2.31. The molecule has 0 unspecified atom stereocenters. The molecule has 0 radical (unpaired) electrons. The van der Waals surface area contributed by atoms with Crippen molar-refractivity contribution in [1.82, 2.24) is 0 Å². The van der Waals surface area contributed by atoms with Crippen LogP contribution in [0.1, 0.15) is 142 Å². The second-order valence-electron chi connectivity index (χ2n) is 8.11. The predicted molar refractivity (Wildman–Crippen MR) is 123 cm³/mol. The smallest absolute Gasteiger partial charge is 0.870 e. The first kappa shape index (κ1) is 32.4. The van der Waals surface area contributed by atoms with E-state index in [4.69, 9.17) is 0 Å². The molecule has 0 aliphatic heterocycles. The normalized spacial score (nSPS) is 10.1. The van der Waals surface area contributed by atoms with E-state index in [0.29, 0.717) is 0 Å². The fourth-order valence-corrected chi connectivity index (χ4v) is 7.17. The van der Waals surface area contributed by atoms with Crippen molar-refractivity contribution in [3.05, 3.63) is 0 Å². The van der Waals surface area contributed by atoms with Crippen molar-refractivity contribution in [3.63, 3.8) is 0 Å². The Labute approximate surface area is 182 Å². The fraction of sp³-hybridized carbons (Fsp3) is 1.00. The standard InChI is InChI=1S/2C12H25.2H2O.Sn/c2*1-3-5-7-9-11-12-10-8-6-4-2;;;/h2*1,3-12H2,2H3;2*1H2;/q;;;;+2/p-2. The molecule has 164 valence electrons. The summed E-state index contributed by atoms with van der Waals surface area (Å²) in [5, 5.41) is 0. The molecule has 0 aliphatic carbocycles. The summed E-state index contributed by atoms with van der Waals surface area (Å²) < 4.78 is 3.33. The van der Waals surface area contributed by atoms with Crippen LogP contribution in [0, 0.1) is 0 Å². The first-order chi connectivity index (χ1) is 12.4. The van der Waals surface area contributed by atoms with E-state index in [1.165, 1.54) is 116 Å². The summed E-state index contributed by atoms with van der Waals surface area (Å²) in [6, 6.07) is 0. The second-order valence-corrected chi connectivity index (χ2v) is 12.4. The Kier molecular flexibility index (Phi) is 37.7. The quantitative estimate of drug-likeness (QED) is 0.112. The van der Waals surface area contributed by atoms with Crippen LogP contribution >= 0.6 is 0 Å². The van der Waals surface area contributed by atoms with Gasteiger partial charge in [0.15, 0.2) is 0 Å². The Morgan fingerprint density at radius 1 is 0.333 bits per heavy atom. The van der Waals surface area contributed by atoms with Gasteiger partial charge < -0.3 is 11.0 Å². The zero-order valence-electron chi connectivity index (χ0n) is 19.0. The third-order valence-electron chi connectivity index (χ3n) is 5.41. The van der Waals surface area contributed by atoms with E-state index in [9.17, 15) is 0 Å². The minimum absolute atomic E-state index is 0. The molecule has 0 aromatic heterocycles. The first-order valence-electron chi connectivity index (χ1n) is 12.1. The van der Waals surface area contributed by atoms with Crippen molar-refractivity contribution >= 4 is 21.1 Å². The Bertz CT molecular complexity index is 202. The number of unbranched alkanes of at least 4 members (excludes halogenated alkanes) is 18. The van der Waals surface area contributed by atoms with Gasteiger partial charge in [-0.2, -0.15) is 0 Å². The summed E-state index contributed by atoms with van der Waals surface area (Å²) in [4.78, 5) is 0. The monoisotopic (exact) mass is 492 g/mol. The van der Waals surface area contributed by atoms with Gasteiger partial charge in [0.2, 0.25) is 0 Å². The summed E-state index contributed by atoms with van der Waals surface area (Å²) in [5.41, 5.74) is 0. The van der Waals surface area contributed by atoms with Gasteiger partial charge in [0, 0.05) is 0 Å². The van der Waals surface area contributed by atoms with Gasteiger partial charge in [-0.1, -0.05) is 0 Å². The minimum atomic E-state index is 0. The van der Waals surface area contributed by atoms with Crippen LogP contribution in [0.25, 0.3) is 0 Å². The van der Waals surface area contributed by atoms with Crippen molar-refractivity contribution in [3.8, 4) is 0 Å². The maximum absolute atomic E-state index is 2.31. The van der Waals surface area contributed by atoms with Crippen molar-refractivity contribution < 1.29 is 11.0 Å². The summed E-state index contributed by atoms with van der Waals surface area (Å²) in [5.74, 6) is 0. The third-order valence-corrected chi connectivity index (χ3v) is 9.45. The molecule has 0 heterocycles. The molecule has 0 atom stereocenters. The molecule has 2 nitrogen and oxygen atoms in total. The van der Waals surface area contributed by atoms with E-state index in [2.05, 4.69) is 13.8 Å². The van der Waals surface area contributed by atoms with Gasteiger partial charge in [-0.15, -0.1) is 0 Å². The average Bonchev–Trinajstić information content (AvgIpc) is 2.63. The van der Waals surface area contributed by atoms with Crippen LogP contribution < -0.4 is 0 Å². The first-order valence-corrected chi connectivity index (χ1v) is 16.2. The summed E-state index contributed by atoms with van der Waals surface area (Å²) in [6.45, 7) is 4.61. The van der Waals surface area contributed by atoms with E-state index >= 15 is 0 Å². The van der Waals surface area contributed by atoms with Crippen LogP contribution in [0.4, 0.5) is 0 Å². The van der Waals surface area contributed by atoms with Crippen molar-refractivity contribution in [2.75, 3.05) is 0 Å². The summed E-state index contributed by atoms with van der Waals surface area (Å²) >= 11 is 0.0377. The molecule has 0 fully saturated rings. The molecule has 0 aromatic carbocycles. The van der Waals surface area contributed by atoms with Crippen molar-refractivity contribution in [2.24, 2.45) is 0 Å². The fourth-order valence-electron chi connectivity index (χ4n) is 3.60. The van der Waals surface area contributed by atoms with Crippen molar-refractivity contribution in [1.29, 1.82) is 0 Å². The molecule has 2 N–H and O–H groups in total. The molecule has 0 saturated heterocycles. The van der Waals surface area contributed by atoms with E-state index in [1.807, 2.05) is 0 Å². The van der Waals surface area contributed by atoms with Crippen LogP contribution in [0.3, 0.4) is 0 Å². The number of hydrogen-bond donors (Lipinski definition) is 0. The molecule has 0 saturated carbocycles. The van der Waals surface area contributed by atoms with Gasteiger partial charge >= 0.3 is 172 Å². The van der Waals surface area contributed by atoms with Gasteiger partial charge in [-0.3, -0.25) is 0 Å². The van der Waals surface area contributed by atoms with E-state index in [0.717, 1.165) is 0 Å². The molecule has 0 bridgehead atoms. The predicted octanol–water partition coefficient (Wildman–Crippen LogP) is 9.02. The van der Waals surface area contributed by atoms with Gasteiger partial charge in [0.25, 0.3) is 0 Å². The van der Waals surface area contributed by atoms with Crippen LogP contribution in [0.2, 0.25) is 8.87 Å². The molecular formula is C24H52O2Sn.